The highest BCUT2D eigenvalue weighted by molar-refractivity contribution is 5.26. The van der Waals surface area contributed by atoms with Crippen molar-refractivity contribution < 1.29 is 23.4 Å². The molecule has 0 aromatic heterocycles. The Morgan fingerprint density at radius 3 is 2.22 bits per heavy atom. The number of rotatable bonds is 5. The number of likely N-dealkylation sites (N-methyl/N-ethyl adjacent to an activating group) is 1. The predicted octanol–water partition coefficient (Wildman–Crippen LogP) is 1.66. The van der Waals surface area contributed by atoms with Crippen LogP contribution in [0.3, 0.4) is 0 Å². The molecule has 0 saturated carbocycles. The predicted molar refractivity (Wildman–Crippen MR) is 61.0 cm³/mol. The molecule has 0 spiro atoms. The first kappa shape index (κ1) is 14.9. The van der Waals surface area contributed by atoms with Crippen LogP contribution < -0.4 is 0 Å². The van der Waals surface area contributed by atoms with E-state index >= 15 is 0 Å². The topological polar surface area (TPSA) is 43.7 Å². The van der Waals surface area contributed by atoms with Gasteiger partial charge in [-0.1, -0.05) is 12.1 Å². The van der Waals surface area contributed by atoms with Gasteiger partial charge < -0.3 is 15.1 Å². The van der Waals surface area contributed by atoms with Crippen LogP contribution in [0.15, 0.2) is 24.3 Å². The van der Waals surface area contributed by atoms with Crippen LogP contribution >= 0.6 is 0 Å². The maximum absolute atomic E-state index is 12.3. The molecule has 6 heteroatoms. The standard InChI is InChI=1S/C12H16F3NO2/c1-16(6-7-17)8-11(18)9-2-4-10(5-3-9)12(13,14)15/h2-5,11,17-18H,6-8H2,1H3. The van der Waals surface area contributed by atoms with Gasteiger partial charge in [0, 0.05) is 13.1 Å². The lowest BCUT2D eigenvalue weighted by Gasteiger charge is -2.20. The van der Waals surface area contributed by atoms with Crippen LogP contribution in [0, 0.1) is 0 Å². The van der Waals surface area contributed by atoms with E-state index in [4.69, 9.17) is 5.11 Å². The molecule has 3 nitrogen and oxygen atoms in total. The molecule has 2 N–H and O–H groups in total. The van der Waals surface area contributed by atoms with Crippen LogP contribution in [0.2, 0.25) is 0 Å². The normalized spacial score (nSPS) is 13.9. The number of aliphatic hydroxyl groups excluding tert-OH is 2. The maximum Gasteiger partial charge on any atom is 0.416 e. The Bertz CT molecular complexity index is 365. The minimum atomic E-state index is -4.36. The first-order chi connectivity index (χ1) is 8.34. The summed E-state index contributed by atoms with van der Waals surface area (Å²) in [5.41, 5.74) is -0.310. The molecular weight excluding hydrogens is 247 g/mol. The summed E-state index contributed by atoms with van der Waals surface area (Å²) in [7, 11) is 1.71. The van der Waals surface area contributed by atoms with Gasteiger partial charge >= 0.3 is 6.18 Å². The number of hydrogen-bond acceptors (Lipinski definition) is 3. The van der Waals surface area contributed by atoms with Crippen LogP contribution in [-0.4, -0.2) is 41.9 Å². The number of halogens is 3. The molecule has 0 aliphatic rings. The fourth-order valence-corrected chi connectivity index (χ4v) is 1.56. The number of aliphatic hydroxyl groups is 2. The number of alkyl halides is 3. The summed E-state index contributed by atoms with van der Waals surface area (Å²) in [6.07, 6.45) is -5.24. The summed E-state index contributed by atoms with van der Waals surface area (Å²) < 4.78 is 37.0. The molecule has 0 amide bonds. The molecule has 1 aromatic rings. The third kappa shape index (κ3) is 4.29. The molecule has 1 rings (SSSR count). The van der Waals surface area contributed by atoms with E-state index in [1.807, 2.05) is 0 Å². The molecule has 1 aromatic carbocycles. The average molecular weight is 263 g/mol. The van der Waals surface area contributed by atoms with Crippen LogP contribution in [0.4, 0.5) is 13.2 Å². The molecule has 0 fully saturated rings. The summed E-state index contributed by atoms with van der Waals surface area (Å²) in [5.74, 6) is 0. The van der Waals surface area contributed by atoms with Gasteiger partial charge in [0.05, 0.1) is 18.3 Å². The molecule has 0 radical (unpaired) electrons. The van der Waals surface area contributed by atoms with Crippen LogP contribution in [0.1, 0.15) is 17.2 Å². The van der Waals surface area contributed by atoms with Crippen molar-refractivity contribution in [1.82, 2.24) is 4.90 Å². The lowest BCUT2D eigenvalue weighted by Crippen LogP contribution is -2.27. The molecule has 1 atom stereocenters. The summed E-state index contributed by atoms with van der Waals surface area (Å²) in [5, 5.41) is 18.5. The van der Waals surface area contributed by atoms with Crippen molar-refractivity contribution in [3.63, 3.8) is 0 Å². The fourth-order valence-electron chi connectivity index (χ4n) is 1.56. The lowest BCUT2D eigenvalue weighted by molar-refractivity contribution is -0.137. The zero-order valence-electron chi connectivity index (χ0n) is 9.98. The van der Waals surface area contributed by atoms with Gasteiger partial charge in [-0.15, -0.1) is 0 Å². The minimum absolute atomic E-state index is 0.0315. The zero-order valence-corrected chi connectivity index (χ0v) is 9.98. The maximum atomic E-state index is 12.3. The van der Waals surface area contributed by atoms with Gasteiger partial charge in [-0.05, 0) is 24.7 Å². The van der Waals surface area contributed by atoms with E-state index in [2.05, 4.69) is 0 Å². The first-order valence-corrected chi connectivity index (χ1v) is 5.49. The van der Waals surface area contributed by atoms with E-state index in [1.54, 1.807) is 11.9 Å². The highest BCUT2D eigenvalue weighted by Gasteiger charge is 2.30. The summed E-state index contributed by atoms with van der Waals surface area (Å²) in [6.45, 7) is 0.625. The number of benzene rings is 1. The van der Waals surface area contributed by atoms with Gasteiger partial charge in [-0.3, -0.25) is 0 Å². The van der Waals surface area contributed by atoms with Crippen molar-refractivity contribution in [1.29, 1.82) is 0 Å². The van der Waals surface area contributed by atoms with Crippen LogP contribution in [0.25, 0.3) is 0 Å². The monoisotopic (exact) mass is 263 g/mol. The van der Waals surface area contributed by atoms with Crippen molar-refractivity contribution in [3.8, 4) is 0 Å². The molecule has 0 aliphatic heterocycles. The van der Waals surface area contributed by atoms with Gasteiger partial charge in [-0.25, -0.2) is 0 Å². The zero-order chi connectivity index (χ0) is 13.8. The van der Waals surface area contributed by atoms with E-state index in [1.165, 1.54) is 12.1 Å². The Hall–Kier alpha value is -1.11. The Morgan fingerprint density at radius 2 is 1.78 bits per heavy atom. The van der Waals surface area contributed by atoms with E-state index in [-0.39, 0.29) is 13.2 Å². The van der Waals surface area contributed by atoms with Crippen molar-refractivity contribution >= 4 is 0 Å². The van der Waals surface area contributed by atoms with Crippen LogP contribution in [0.5, 0.6) is 0 Å². The van der Waals surface area contributed by atoms with Crippen molar-refractivity contribution in [2.24, 2.45) is 0 Å². The molecule has 102 valence electrons. The SMILES string of the molecule is CN(CCO)CC(O)c1ccc(C(F)(F)F)cc1. The van der Waals surface area contributed by atoms with E-state index in [0.29, 0.717) is 12.1 Å². The highest BCUT2D eigenvalue weighted by Crippen LogP contribution is 2.29. The molecule has 0 saturated heterocycles. The van der Waals surface area contributed by atoms with Crippen molar-refractivity contribution in [3.05, 3.63) is 35.4 Å². The first-order valence-electron chi connectivity index (χ1n) is 5.49. The molecule has 0 bridgehead atoms. The third-order valence-electron chi connectivity index (χ3n) is 2.59. The third-order valence-corrected chi connectivity index (χ3v) is 2.59. The Kier molecular flexibility index (Phi) is 5.13. The largest absolute Gasteiger partial charge is 0.416 e. The molecule has 1 unspecified atom stereocenters. The van der Waals surface area contributed by atoms with Gasteiger partial charge in [0.2, 0.25) is 0 Å². The van der Waals surface area contributed by atoms with Gasteiger partial charge in [-0.2, -0.15) is 13.2 Å². The Labute approximate surface area is 103 Å². The summed E-state index contributed by atoms with van der Waals surface area (Å²) >= 11 is 0. The quantitative estimate of drug-likeness (QED) is 0.849. The second-order valence-corrected chi connectivity index (χ2v) is 4.12. The molecule has 0 aliphatic carbocycles. The van der Waals surface area contributed by atoms with Crippen molar-refractivity contribution in [2.75, 3.05) is 26.7 Å². The smallest absolute Gasteiger partial charge is 0.395 e. The van der Waals surface area contributed by atoms with Crippen molar-refractivity contribution in [2.45, 2.75) is 12.3 Å². The fraction of sp³-hybridized carbons (Fsp3) is 0.500. The summed E-state index contributed by atoms with van der Waals surface area (Å²) in [6, 6.07) is 4.43. The molecular formula is C12H16F3NO2. The van der Waals surface area contributed by atoms with Gasteiger partial charge in [0.25, 0.3) is 0 Å². The Balaban J connectivity index is 2.67. The average Bonchev–Trinajstić information content (AvgIpc) is 2.28. The molecule has 0 heterocycles. The van der Waals surface area contributed by atoms with Gasteiger partial charge in [0.15, 0.2) is 0 Å². The minimum Gasteiger partial charge on any atom is -0.395 e. The summed E-state index contributed by atoms with van der Waals surface area (Å²) in [4.78, 5) is 1.70. The number of nitrogens with zero attached hydrogens (tertiary/aromatic N) is 1. The lowest BCUT2D eigenvalue weighted by atomic mass is 10.1. The second-order valence-electron chi connectivity index (χ2n) is 4.12. The number of hydrogen-bond donors (Lipinski definition) is 2. The van der Waals surface area contributed by atoms with E-state index < -0.39 is 17.8 Å². The highest BCUT2D eigenvalue weighted by atomic mass is 19.4. The van der Waals surface area contributed by atoms with Gasteiger partial charge in [0.1, 0.15) is 0 Å². The van der Waals surface area contributed by atoms with E-state index in [9.17, 15) is 18.3 Å². The Morgan fingerprint density at radius 1 is 1.22 bits per heavy atom. The molecule has 18 heavy (non-hydrogen) atoms. The second kappa shape index (κ2) is 6.17. The van der Waals surface area contributed by atoms with Crippen LogP contribution in [-0.2, 0) is 6.18 Å². The van der Waals surface area contributed by atoms with E-state index in [0.717, 1.165) is 12.1 Å².